The molecule has 0 spiro atoms. The number of aromatic nitrogens is 1. The highest BCUT2D eigenvalue weighted by molar-refractivity contribution is 6.31. The molecule has 0 bridgehead atoms. The van der Waals surface area contributed by atoms with Crippen LogP contribution >= 0.6 is 11.6 Å². The second kappa shape index (κ2) is 8.60. The maximum atomic E-state index is 12.2. The molecule has 136 valence electrons. The second-order valence-electron chi connectivity index (χ2n) is 5.94. The number of rotatable bonds is 6. The maximum absolute atomic E-state index is 12.2. The largest absolute Gasteiger partial charge is 0.466 e. The average Bonchev–Trinajstić information content (AvgIpc) is 2.66. The van der Waals surface area contributed by atoms with Gasteiger partial charge in [0.25, 0.3) is 0 Å². The van der Waals surface area contributed by atoms with Crippen LogP contribution in [-0.4, -0.2) is 23.3 Å². The monoisotopic (exact) mass is 379 g/mol. The first-order valence-electron chi connectivity index (χ1n) is 8.58. The SMILES string of the molecule is CCOC(=O)CC(=O)c1cccc(C=Cc2ccc3ccc(Cl)cc3n2)c1. The molecule has 0 N–H and O–H groups in total. The van der Waals surface area contributed by atoms with E-state index in [1.807, 2.05) is 48.6 Å². The van der Waals surface area contributed by atoms with E-state index in [2.05, 4.69) is 4.98 Å². The molecule has 1 heterocycles. The van der Waals surface area contributed by atoms with Crippen molar-refractivity contribution in [2.75, 3.05) is 6.61 Å². The van der Waals surface area contributed by atoms with Crippen molar-refractivity contribution in [3.63, 3.8) is 0 Å². The van der Waals surface area contributed by atoms with E-state index in [1.165, 1.54) is 0 Å². The fourth-order valence-corrected chi connectivity index (χ4v) is 2.81. The zero-order valence-corrected chi connectivity index (χ0v) is 15.6. The summed E-state index contributed by atoms with van der Waals surface area (Å²) in [6.07, 6.45) is 3.49. The molecule has 0 fully saturated rings. The Labute approximate surface area is 162 Å². The number of nitrogens with zero attached hydrogens (tertiary/aromatic N) is 1. The molecule has 1 aromatic heterocycles. The molecule has 27 heavy (non-hydrogen) atoms. The van der Waals surface area contributed by atoms with Gasteiger partial charge in [-0.2, -0.15) is 0 Å². The molecular weight excluding hydrogens is 362 g/mol. The molecule has 0 amide bonds. The Morgan fingerprint density at radius 1 is 1.07 bits per heavy atom. The summed E-state index contributed by atoms with van der Waals surface area (Å²) in [7, 11) is 0. The van der Waals surface area contributed by atoms with Crippen LogP contribution < -0.4 is 0 Å². The molecule has 0 saturated heterocycles. The van der Waals surface area contributed by atoms with Crippen molar-refractivity contribution in [2.24, 2.45) is 0 Å². The Morgan fingerprint density at radius 2 is 1.89 bits per heavy atom. The normalized spacial score (nSPS) is 11.0. The van der Waals surface area contributed by atoms with Gasteiger partial charge in [0.05, 0.1) is 17.8 Å². The second-order valence-corrected chi connectivity index (χ2v) is 6.37. The first kappa shape index (κ1) is 18.8. The molecule has 0 atom stereocenters. The minimum atomic E-state index is -0.512. The first-order chi connectivity index (χ1) is 13.0. The molecule has 0 aliphatic carbocycles. The van der Waals surface area contributed by atoms with Gasteiger partial charge < -0.3 is 4.74 Å². The topological polar surface area (TPSA) is 56.3 Å². The summed E-state index contributed by atoms with van der Waals surface area (Å²) in [4.78, 5) is 28.2. The van der Waals surface area contributed by atoms with Crippen molar-refractivity contribution in [2.45, 2.75) is 13.3 Å². The van der Waals surface area contributed by atoms with Gasteiger partial charge in [0.15, 0.2) is 5.78 Å². The van der Waals surface area contributed by atoms with Crippen molar-refractivity contribution in [1.82, 2.24) is 4.98 Å². The molecular formula is C22H18ClNO3. The maximum Gasteiger partial charge on any atom is 0.313 e. The molecule has 3 rings (SSSR count). The molecule has 3 aromatic rings. The van der Waals surface area contributed by atoms with Crippen LogP contribution in [0.3, 0.4) is 0 Å². The van der Waals surface area contributed by atoms with Gasteiger partial charge in [-0.15, -0.1) is 0 Å². The van der Waals surface area contributed by atoms with Crippen molar-refractivity contribution >= 4 is 46.4 Å². The summed E-state index contributed by atoms with van der Waals surface area (Å²) >= 11 is 6.02. The molecule has 2 aromatic carbocycles. The zero-order valence-electron chi connectivity index (χ0n) is 14.8. The standard InChI is InChI=1S/C22H18ClNO3/c1-2-27-22(26)14-21(25)17-5-3-4-15(12-17)6-10-19-11-8-16-7-9-18(23)13-20(16)24-19/h3-13H,2,14H2,1H3. The fraction of sp³-hybridized carbons (Fsp3) is 0.136. The molecule has 0 unspecified atom stereocenters. The third kappa shape index (κ3) is 5.02. The Kier molecular flexibility index (Phi) is 5.99. The fourth-order valence-electron chi connectivity index (χ4n) is 2.64. The Bertz CT molecular complexity index is 1030. The highest BCUT2D eigenvalue weighted by Crippen LogP contribution is 2.19. The van der Waals surface area contributed by atoms with Gasteiger partial charge in [-0.05, 0) is 42.8 Å². The number of hydrogen-bond acceptors (Lipinski definition) is 4. The van der Waals surface area contributed by atoms with E-state index in [-0.39, 0.29) is 18.8 Å². The highest BCUT2D eigenvalue weighted by atomic mass is 35.5. The Hall–Kier alpha value is -2.98. The number of Topliss-reactive ketones (excluding diaryl/α,β-unsaturated/α-hetero) is 1. The number of carbonyl (C=O) groups excluding carboxylic acids is 2. The lowest BCUT2D eigenvalue weighted by Gasteiger charge is -2.03. The molecule has 5 heteroatoms. The van der Waals surface area contributed by atoms with E-state index in [0.717, 1.165) is 22.2 Å². The number of ether oxygens (including phenoxy) is 1. The summed E-state index contributed by atoms with van der Waals surface area (Å²) in [5, 5.41) is 1.66. The third-order valence-corrected chi connectivity index (χ3v) is 4.18. The number of ketones is 1. The van der Waals surface area contributed by atoms with E-state index in [4.69, 9.17) is 16.3 Å². The van der Waals surface area contributed by atoms with Gasteiger partial charge in [0, 0.05) is 16.0 Å². The molecule has 0 aliphatic rings. The van der Waals surface area contributed by atoms with Gasteiger partial charge in [0.1, 0.15) is 6.42 Å². The minimum Gasteiger partial charge on any atom is -0.466 e. The van der Waals surface area contributed by atoms with Crippen LogP contribution in [0.4, 0.5) is 0 Å². The van der Waals surface area contributed by atoms with E-state index in [0.29, 0.717) is 10.6 Å². The van der Waals surface area contributed by atoms with Crippen LogP contribution in [0.5, 0.6) is 0 Å². The summed E-state index contributed by atoms with van der Waals surface area (Å²) in [5.74, 6) is -0.773. The van der Waals surface area contributed by atoms with Crippen LogP contribution in [-0.2, 0) is 9.53 Å². The van der Waals surface area contributed by atoms with Gasteiger partial charge in [-0.25, -0.2) is 4.98 Å². The number of carbonyl (C=O) groups is 2. The smallest absolute Gasteiger partial charge is 0.313 e. The van der Waals surface area contributed by atoms with Crippen molar-refractivity contribution in [1.29, 1.82) is 0 Å². The van der Waals surface area contributed by atoms with E-state index < -0.39 is 5.97 Å². The quantitative estimate of drug-likeness (QED) is 0.336. The Balaban J connectivity index is 1.77. The van der Waals surface area contributed by atoms with Crippen LogP contribution in [0.2, 0.25) is 5.02 Å². The molecule has 4 nitrogen and oxygen atoms in total. The van der Waals surface area contributed by atoms with Gasteiger partial charge >= 0.3 is 5.97 Å². The number of halogens is 1. The highest BCUT2D eigenvalue weighted by Gasteiger charge is 2.12. The van der Waals surface area contributed by atoms with Gasteiger partial charge in [-0.3, -0.25) is 9.59 Å². The first-order valence-corrected chi connectivity index (χ1v) is 8.96. The Morgan fingerprint density at radius 3 is 2.70 bits per heavy atom. The lowest BCUT2D eigenvalue weighted by Crippen LogP contribution is -2.11. The van der Waals surface area contributed by atoms with Crippen molar-refractivity contribution in [3.8, 4) is 0 Å². The predicted octanol–water partition coefficient (Wildman–Crippen LogP) is 5.19. The van der Waals surface area contributed by atoms with Crippen LogP contribution in [0, 0.1) is 0 Å². The number of hydrogen-bond donors (Lipinski definition) is 0. The number of esters is 1. The molecule has 0 saturated carbocycles. The van der Waals surface area contributed by atoms with E-state index >= 15 is 0 Å². The van der Waals surface area contributed by atoms with Gasteiger partial charge in [-0.1, -0.05) is 48.0 Å². The van der Waals surface area contributed by atoms with Crippen LogP contribution in [0.1, 0.15) is 35.0 Å². The third-order valence-electron chi connectivity index (χ3n) is 3.94. The molecule has 0 aliphatic heterocycles. The predicted molar refractivity (Wildman–Crippen MR) is 108 cm³/mol. The lowest BCUT2D eigenvalue weighted by atomic mass is 10.0. The number of fused-ring (bicyclic) bond motifs is 1. The summed E-state index contributed by atoms with van der Waals surface area (Å²) < 4.78 is 4.82. The number of pyridine rings is 1. The van der Waals surface area contributed by atoms with Crippen LogP contribution in [0.15, 0.2) is 54.6 Å². The van der Waals surface area contributed by atoms with Crippen molar-refractivity contribution < 1.29 is 14.3 Å². The summed E-state index contributed by atoms with van der Waals surface area (Å²) in [6.45, 7) is 1.97. The number of benzene rings is 2. The summed E-state index contributed by atoms with van der Waals surface area (Å²) in [6, 6.07) is 16.6. The van der Waals surface area contributed by atoms with Gasteiger partial charge in [0.2, 0.25) is 0 Å². The lowest BCUT2D eigenvalue weighted by molar-refractivity contribution is -0.141. The molecule has 0 radical (unpaired) electrons. The zero-order chi connectivity index (χ0) is 19.2. The summed E-state index contributed by atoms with van der Waals surface area (Å²) in [5.41, 5.74) is 2.93. The van der Waals surface area contributed by atoms with Crippen LogP contribution in [0.25, 0.3) is 23.1 Å². The van der Waals surface area contributed by atoms with E-state index in [1.54, 1.807) is 25.1 Å². The van der Waals surface area contributed by atoms with E-state index in [9.17, 15) is 9.59 Å². The average molecular weight is 380 g/mol. The minimum absolute atomic E-state index is 0.256. The van der Waals surface area contributed by atoms with Crippen molar-refractivity contribution in [3.05, 3.63) is 76.4 Å².